The lowest BCUT2D eigenvalue weighted by Crippen LogP contribution is -2.49. The van der Waals surface area contributed by atoms with E-state index in [-0.39, 0.29) is 6.29 Å². The summed E-state index contributed by atoms with van der Waals surface area (Å²) >= 11 is 0. The molecule has 0 radical (unpaired) electrons. The summed E-state index contributed by atoms with van der Waals surface area (Å²) in [6.07, 6.45) is -0.292. The Morgan fingerprint density at radius 3 is 2.23 bits per heavy atom. The Labute approximate surface area is 74.4 Å². The van der Waals surface area contributed by atoms with E-state index in [4.69, 9.17) is 5.11 Å². The zero-order chi connectivity index (χ0) is 10.5. The highest BCUT2D eigenvalue weighted by molar-refractivity contribution is 6.04. The zero-order valence-electron chi connectivity index (χ0n) is 7.27. The Bertz CT molecular complexity index is 223. The number of carboxylic acid groups (broad SMARTS) is 1. The Kier molecular flexibility index (Phi) is 4.06. The van der Waals surface area contributed by atoms with Gasteiger partial charge in [0.05, 0.1) is 13.5 Å². The van der Waals surface area contributed by atoms with Gasteiger partial charge in [0.2, 0.25) is 0 Å². The second-order valence-electron chi connectivity index (χ2n) is 2.20. The van der Waals surface area contributed by atoms with Gasteiger partial charge in [-0.2, -0.15) is 0 Å². The maximum Gasteiger partial charge on any atom is 0.350 e. The lowest BCUT2D eigenvalue weighted by atomic mass is 10.0. The number of rotatable bonds is 5. The van der Waals surface area contributed by atoms with Crippen molar-refractivity contribution in [3.05, 3.63) is 0 Å². The Morgan fingerprint density at radius 1 is 1.46 bits per heavy atom. The fourth-order valence-corrected chi connectivity index (χ4v) is 0.794. The molecule has 0 aromatic rings. The highest BCUT2D eigenvalue weighted by Crippen LogP contribution is 2.16. The minimum Gasteiger partial charge on any atom is -0.479 e. The first kappa shape index (κ1) is 11.6. The molecule has 0 rings (SSSR count). The number of hydrogen-bond donors (Lipinski definition) is 1. The number of carboxylic acids is 1. The van der Waals surface area contributed by atoms with Crippen molar-refractivity contribution in [2.24, 2.45) is 0 Å². The summed E-state index contributed by atoms with van der Waals surface area (Å²) in [7, 11) is 2.04. The third-order valence-electron chi connectivity index (χ3n) is 1.58. The first-order chi connectivity index (χ1) is 6.05. The molecule has 1 unspecified atom stereocenters. The van der Waals surface area contributed by atoms with E-state index in [1.54, 1.807) is 0 Å². The lowest BCUT2D eigenvalue weighted by molar-refractivity contribution is -0.183. The molecule has 13 heavy (non-hydrogen) atoms. The molecule has 0 fully saturated rings. The van der Waals surface area contributed by atoms with Crippen LogP contribution in [-0.2, 0) is 23.9 Å². The molecule has 0 spiro atoms. The van der Waals surface area contributed by atoms with Crippen molar-refractivity contribution in [2.45, 2.75) is 12.0 Å². The van der Waals surface area contributed by atoms with Crippen LogP contribution in [0, 0.1) is 0 Å². The van der Waals surface area contributed by atoms with Crippen LogP contribution < -0.4 is 0 Å². The predicted octanol–water partition coefficient (Wildman–Crippen LogP) is -0.782. The SMILES string of the molecule is COC(=O)C(CC=O)(OC)C(=O)O. The number of methoxy groups -OCH3 is 2. The summed E-state index contributed by atoms with van der Waals surface area (Å²) in [6, 6.07) is 0. The quantitative estimate of drug-likeness (QED) is 0.347. The number of carbonyl (C=O) groups excluding carboxylic acids is 2. The van der Waals surface area contributed by atoms with Gasteiger partial charge in [0.1, 0.15) is 6.29 Å². The normalized spacial score (nSPS) is 14.3. The summed E-state index contributed by atoms with van der Waals surface area (Å²) < 4.78 is 8.70. The van der Waals surface area contributed by atoms with Gasteiger partial charge >= 0.3 is 11.9 Å². The van der Waals surface area contributed by atoms with Crippen LogP contribution in [0.3, 0.4) is 0 Å². The van der Waals surface area contributed by atoms with Crippen LogP contribution in [0.4, 0.5) is 0 Å². The molecule has 0 saturated carbocycles. The topological polar surface area (TPSA) is 89.9 Å². The second kappa shape index (κ2) is 4.56. The molecule has 74 valence electrons. The van der Waals surface area contributed by atoms with Crippen LogP contribution in [0.25, 0.3) is 0 Å². The fourth-order valence-electron chi connectivity index (χ4n) is 0.794. The van der Waals surface area contributed by atoms with E-state index < -0.39 is 24.0 Å². The van der Waals surface area contributed by atoms with E-state index in [9.17, 15) is 14.4 Å². The number of esters is 1. The molecule has 6 nitrogen and oxygen atoms in total. The minimum absolute atomic E-state index is 0.286. The van der Waals surface area contributed by atoms with Crippen LogP contribution in [0.15, 0.2) is 0 Å². The highest BCUT2D eigenvalue weighted by atomic mass is 16.6. The molecule has 0 aliphatic carbocycles. The number of ether oxygens (including phenoxy) is 2. The molecule has 0 aromatic carbocycles. The molecule has 1 atom stereocenters. The maximum atomic E-state index is 11.0. The van der Waals surface area contributed by atoms with Gasteiger partial charge in [-0.3, -0.25) is 0 Å². The van der Waals surface area contributed by atoms with E-state index in [0.29, 0.717) is 0 Å². The van der Waals surface area contributed by atoms with Gasteiger partial charge in [-0.15, -0.1) is 0 Å². The van der Waals surface area contributed by atoms with E-state index in [1.165, 1.54) is 0 Å². The van der Waals surface area contributed by atoms with Crippen molar-refractivity contribution < 1.29 is 29.0 Å². The highest BCUT2D eigenvalue weighted by Gasteiger charge is 2.47. The Balaban J connectivity index is 4.96. The zero-order valence-corrected chi connectivity index (χ0v) is 7.27. The molecule has 0 saturated heterocycles. The second-order valence-corrected chi connectivity index (χ2v) is 2.20. The van der Waals surface area contributed by atoms with Gasteiger partial charge in [0.25, 0.3) is 5.60 Å². The third kappa shape index (κ3) is 2.03. The van der Waals surface area contributed by atoms with Crippen LogP contribution in [-0.4, -0.2) is 43.2 Å². The summed E-state index contributed by atoms with van der Waals surface area (Å²) in [5, 5.41) is 8.67. The first-order valence-electron chi connectivity index (χ1n) is 3.35. The lowest BCUT2D eigenvalue weighted by Gasteiger charge is -2.22. The summed E-state index contributed by atoms with van der Waals surface area (Å²) in [6.45, 7) is 0. The average molecular weight is 190 g/mol. The molecule has 0 bridgehead atoms. The number of carbonyl (C=O) groups is 3. The molecule has 0 aliphatic heterocycles. The Morgan fingerprint density at radius 2 is 2.00 bits per heavy atom. The van der Waals surface area contributed by atoms with Crippen molar-refractivity contribution in [1.82, 2.24) is 0 Å². The summed E-state index contributed by atoms with van der Waals surface area (Å²) in [4.78, 5) is 31.8. The van der Waals surface area contributed by atoms with E-state index in [2.05, 4.69) is 9.47 Å². The fraction of sp³-hybridized carbons (Fsp3) is 0.571. The van der Waals surface area contributed by atoms with Crippen molar-refractivity contribution in [3.8, 4) is 0 Å². The summed E-state index contributed by atoms with van der Waals surface area (Å²) in [5.74, 6) is -2.65. The molecular formula is C7H10O6. The van der Waals surface area contributed by atoms with Crippen LogP contribution in [0.1, 0.15) is 6.42 Å². The van der Waals surface area contributed by atoms with Crippen molar-refractivity contribution in [3.63, 3.8) is 0 Å². The molecule has 0 aliphatic rings. The standard InChI is InChI=1S/C7H10O6/c1-12-6(11)7(13-2,3-4-8)5(9)10/h4H,3H2,1-2H3,(H,9,10). The Hall–Kier alpha value is -1.43. The smallest absolute Gasteiger partial charge is 0.350 e. The largest absolute Gasteiger partial charge is 0.479 e. The molecule has 6 heteroatoms. The molecule has 0 amide bonds. The number of aliphatic carboxylic acids is 1. The number of hydrogen-bond acceptors (Lipinski definition) is 5. The first-order valence-corrected chi connectivity index (χ1v) is 3.35. The van der Waals surface area contributed by atoms with E-state index in [1.807, 2.05) is 0 Å². The van der Waals surface area contributed by atoms with Crippen molar-refractivity contribution >= 4 is 18.2 Å². The van der Waals surface area contributed by atoms with Gasteiger partial charge in [0, 0.05) is 7.11 Å². The summed E-state index contributed by atoms with van der Waals surface area (Å²) in [5.41, 5.74) is -2.21. The van der Waals surface area contributed by atoms with Crippen molar-refractivity contribution in [2.75, 3.05) is 14.2 Å². The van der Waals surface area contributed by atoms with Gasteiger partial charge < -0.3 is 19.4 Å². The van der Waals surface area contributed by atoms with Crippen LogP contribution in [0.5, 0.6) is 0 Å². The van der Waals surface area contributed by atoms with Crippen LogP contribution in [0.2, 0.25) is 0 Å². The van der Waals surface area contributed by atoms with Gasteiger partial charge in [0.15, 0.2) is 0 Å². The van der Waals surface area contributed by atoms with E-state index in [0.717, 1.165) is 14.2 Å². The van der Waals surface area contributed by atoms with Gasteiger partial charge in [-0.05, 0) is 0 Å². The van der Waals surface area contributed by atoms with Crippen LogP contribution >= 0.6 is 0 Å². The molecular weight excluding hydrogens is 180 g/mol. The minimum atomic E-state index is -2.21. The maximum absolute atomic E-state index is 11.0. The average Bonchev–Trinajstić information content (AvgIpc) is 2.12. The monoisotopic (exact) mass is 190 g/mol. The molecule has 1 N–H and O–H groups in total. The molecule has 0 aromatic heterocycles. The number of aldehydes is 1. The molecule has 0 heterocycles. The van der Waals surface area contributed by atoms with E-state index >= 15 is 0 Å². The van der Waals surface area contributed by atoms with Gasteiger partial charge in [-0.25, -0.2) is 9.59 Å². The van der Waals surface area contributed by atoms with Crippen molar-refractivity contribution in [1.29, 1.82) is 0 Å². The third-order valence-corrected chi connectivity index (χ3v) is 1.58. The van der Waals surface area contributed by atoms with Gasteiger partial charge in [-0.1, -0.05) is 0 Å². The predicted molar refractivity (Wildman–Crippen MR) is 40.1 cm³/mol.